The molecule has 7 heteroatoms. The van der Waals surface area contributed by atoms with Crippen LogP contribution in [0.25, 0.3) is 6.08 Å². The van der Waals surface area contributed by atoms with Crippen molar-refractivity contribution in [3.8, 4) is 5.75 Å². The Morgan fingerprint density at radius 1 is 1.16 bits per heavy atom. The lowest BCUT2D eigenvalue weighted by atomic mass is 10.3. The van der Waals surface area contributed by atoms with Gasteiger partial charge >= 0.3 is 0 Å². The second kappa shape index (κ2) is 10.4. The molecule has 0 aliphatic carbocycles. The van der Waals surface area contributed by atoms with E-state index in [-0.39, 0.29) is 24.8 Å². The molecule has 25 heavy (non-hydrogen) atoms. The number of amides is 2. The molecule has 2 N–H and O–H groups in total. The average molecular weight is 407 g/mol. The first-order chi connectivity index (χ1) is 12.1. The van der Waals surface area contributed by atoms with Gasteiger partial charge in [0, 0.05) is 23.5 Å². The fourth-order valence-electron chi connectivity index (χ4n) is 1.91. The monoisotopic (exact) mass is 406 g/mol. The zero-order valence-electron chi connectivity index (χ0n) is 13.5. The second-order valence-corrected chi connectivity index (χ2v) is 5.96. The molecule has 0 fully saturated rings. The molecule has 0 aliphatic heterocycles. The van der Waals surface area contributed by atoms with Crippen molar-refractivity contribution in [2.24, 2.45) is 0 Å². The SMILES string of the molecule is O=C(/C=C/c1ccco1)NCCC(=O)NCCOc1cccc(Br)c1. The minimum absolute atomic E-state index is 0.145. The Morgan fingerprint density at radius 2 is 2.04 bits per heavy atom. The molecule has 0 bridgehead atoms. The molecule has 1 aromatic carbocycles. The van der Waals surface area contributed by atoms with Crippen molar-refractivity contribution >= 4 is 33.8 Å². The quantitative estimate of drug-likeness (QED) is 0.495. The van der Waals surface area contributed by atoms with E-state index in [9.17, 15) is 9.59 Å². The van der Waals surface area contributed by atoms with Crippen LogP contribution in [-0.2, 0) is 9.59 Å². The largest absolute Gasteiger partial charge is 0.492 e. The number of carbonyl (C=O) groups is 2. The smallest absolute Gasteiger partial charge is 0.244 e. The normalized spacial score (nSPS) is 10.6. The van der Waals surface area contributed by atoms with Crippen molar-refractivity contribution < 1.29 is 18.7 Å². The van der Waals surface area contributed by atoms with E-state index in [2.05, 4.69) is 26.6 Å². The highest BCUT2D eigenvalue weighted by Crippen LogP contribution is 2.17. The van der Waals surface area contributed by atoms with Gasteiger partial charge in [0.2, 0.25) is 11.8 Å². The topological polar surface area (TPSA) is 80.6 Å². The van der Waals surface area contributed by atoms with Crippen molar-refractivity contribution in [2.75, 3.05) is 19.7 Å². The van der Waals surface area contributed by atoms with Crippen molar-refractivity contribution in [3.05, 3.63) is 59.0 Å². The van der Waals surface area contributed by atoms with Crippen molar-refractivity contribution in [1.82, 2.24) is 10.6 Å². The molecular weight excluding hydrogens is 388 g/mol. The van der Waals surface area contributed by atoms with Crippen LogP contribution in [0.15, 0.2) is 57.6 Å². The minimum atomic E-state index is -0.276. The van der Waals surface area contributed by atoms with Gasteiger partial charge in [0.1, 0.15) is 18.1 Å². The summed E-state index contributed by atoms with van der Waals surface area (Å²) in [6, 6.07) is 11.0. The van der Waals surface area contributed by atoms with Gasteiger partial charge in [-0.3, -0.25) is 9.59 Å². The zero-order chi connectivity index (χ0) is 17.9. The van der Waals surface area contributed by atoms with Crippen LogP contribution in [-0.4, -0.2) is 31.5 Å². The third-order valence-electron chi connectivity index (χ3n) is 3.08. The molecule has 2 aromatic rings. The van der Waals surface area contributed by atoms with E-state index in [1.165, 1.54) is 12.3 Å². The van der Waals surface area contributed by atoms with Crippen LogP contribution in [0.3, 0.4) is 0 Å². The van der Waals surface area contributed by atoms with Crippen LogP contribution in [0.1, 0.15) is 12.2 Å². The molecule has 1 aromatic heterocycles. The number of benzene rings is 1. The molecule has 1 heterocycles. The second-order valence-electron chi connectivity index (χ2n) is 5.05. The zero-order valence-corrected chi connectivity index (χ0v) is 15.1. The Labute approximate surface area is 154 Å². The summed E-state index contributed by atoms with van der Waals surface area (Å²) < 4.78 is 11.5. The molecule has 0 aliphatic rings. The molecule has 0 saturated carbocycles. The lowest BCUT2D eigenvalue weighted by Crippen LogP contribution is -2.32. The van der Waals surface area contributed by atoms with Crippen LogP contribution in [0.2, 0.25) is 0 Å². The summed E-state index contributed by atoms with van der Waals surface area (Å²) in [6.45, 7) is 1.04. The number of furan rings is 1. The third kappa shape index (κ3) is 7.71. The number of ether oxygens (including phenoxy) is 1. The molecule has 2 rings (SSSR count). The number of nitrogens with one attached hydrogen (secondary N) is 2. The van der Waals surface area contributed by atoms with Gasteiger partial charge in [0.25, 0.3) is 0 Å². The standard InChI is InChI=1S/C18H19BrN2O4/c19-14-3-1-4-16(13-14)25-12-10-21-18(23)8-9-20-17(22)7-6-15-5-2-11-24-15/h1-7,11,13H,8-10,12H2,(H,20,22)(H,21,23)/b7-6+. The van der Waals surface area contributed by atoms with E-state index in [1.807, 2.05) is 24.3 Å². The summed E-state index contributed by atoms with van der Waals surface area (Å²) in [5.41, 5.74) is 0. The maximum atomic E-state index is 11.7. The number of carbonyl (C=O) groups excluding carboxylic acids is 2. The van der Waals surface area contributed by atoms with E-state index in [4.69, 9.17) is 9.15 Å². The molecule has 0 spiro atoms. The summed E-state index contributed by atoms with van der Waals surface area (Å²) in [4.78, 5) is 23.2. The van der Waals surface area contributed by atoms with E-state index in [1.54, 1.807) is 18.2 Å². The van der Waals surface area contributed by atoms with Crippen molar-refractivity contribution in [1.29, 1.82) is 0 Å². The fraction of sp³-hybridized carbons (Fsp3) is 0.222. The molecule has 0 radical (unpaired) electrons. The Hall–Kier alpha value is -2.54. The molecular formula is C18H19BrN2O4. The number of hydrogen-bond donors (Lipinski definition) is 2. The van der Waals surface area contributed by atoms with Gasteiger partial charge in [-0.2, -0.15) is 0 Å². The van der Waals surface area contributed by atoms with Gasteiger partial charge in [0.15, 0.2) is 0 Å². The number of hydrogen-bond acceptors (Lipinski definition) is 4. The van der Waals surface area contributed by atoms with Crippen molar-refractivity contribution in [2.45, 2.75) is 6.42 Å². The Balaban J connectivity index is 1.54. The average Bonchev–Trinajstić information content (AvgIpc) is 3.10. The van der Waals surface area contributed by atoms with Crippen molar-refractivity contribution in [3.63, 3.8) is 0 Å². The van der Waals surface area contributed by atoms with Gasteiger partial charge in [-0.15, -0.1) is 0 Å². The van der Waals surface area contributed by atoms with Gasteiger partial charge in [-0.25, -0.2) is 0 Å². The number of halogens is 1. The van der Waals surface area contributed by atoms with Crippen LogP contribution < -0.4 is 15.4 Å². The van der Waals surface area contributed by atoms with Crippen LogP contribution in [0, 0.1) is 0 Å². The summed E-state index contributed by atoms with van der Waals surface area (Å²) in [5, 5.41) is 5.37. The molecule has 0 atom stereocenters. The minimum Gasteiger partial charge on any atom is -0.492 e. The predicted molar refractivity (Wildman–Crippen MR) is 98.0 cm³/mol. The Bertz CT molecular complexity index is 714. The van der Waals surface area contributed by atoms with Crippen LogP contribution >= 0.6 is 15.9 Å². The maximum Gasteiger partial charge on any atom is 0.244 e. The maximum absolute atomic E-state index is 11.7. The van der Waals surface area contributed by atoms with Gasteiger partial charge < -0.3 is 19.8 Å². The highest BCUT2D eigenvalue weighted by atomic mass is 79.9. The molecule has 6 nitrogen and oxygen atoms in total. The molecule has 0 unspecified atom stereocenters. The summed E-state index contributed by atoms with van der Waals surface area (Å²) in [6.07, 6.45) is 4.66. The van der Waals surface area contributed by atoms with Crippen LogP contribution in [0.4, 0.5) is 0 Å². The highest BCUT2D eigenvalue weighted by Gasteiger charge is 2.02. The first kappa shape index (κ1) is 18.8. The third-order valence-corrected chi connectivity index (χ3v) is 3.58. The van der Waals surface area contributed by atoms with Crippen LogP contribution in [0.5, 0.6) is 5.75 Å². The Kier molecular flexibility index (Phi) is 7.78. The predicted octanol–water partition coefficient (Wildman–Crippen LogP) is 2.76. The molecule has 2 amide bonds. The molecule has 132 valence electrons. The number of rotatable bonds is 9. The fourth-order valence-corrected chi connectivity index (χ4v) is 2.28. The molecule has 0 saturated heterocycles. The van der Waals surface area contributed by atoms with E-state index in [0.29, 0.717) is 18.9 Å². The highest BCUT2D eigenvalue weighted by molar-refractivity contribution is 9.10. The van der Waals surface area contributed by atoms with Gasteiger partial charge in [-0.05, 0) is 36.4 Å². The first-order valence-electron chi connectivity index (χ1n) is 7.78. The van der Waals surface area contributed by atoms with Gasteiger partial charge in [-0.1, -0.05) is 22.0 Å². The Morgan fingerprint density at radius 3 is 2.80 bits per heavy atom. The van der Waals surface area contributed by atoms with Gasteiger partial charge in [0.05, 0.1) is 12.8 Å². The summed E-state index contributed by atoms with van der Waals surface area (Å²) in [5.74, 6) is 0.910. The summed E-state index contributed by atoms with van der Waals surface area (Å²) in [7, 11) is 0. The summed E-state index contributed by atoms with van der Waals surface area (Å²) >= 11 is 3.36. The van der Waals surface area contributed by atoms with E-state index >= 15 is 0 Å². The lowest BCUT2D eigenvalue weighted by molar-refractivity contribution is -0.121. The lowest BCUT2D eigenvalue weighted by Gasteiger charge is -2.08. The van der Waals surface area contributed by atoms with E-state index in [0.717, 1.165) is 10.2 Å². The van der Waals surface area contributed by atoms with E-state index < -0.39 is 0 Å². The first-order valence-corrected chi connectivity index (χ1v) is 8.57.